The van der Waals surface area contributed by atoms with Crippen molar-refractivity contribution in [1.29, 1.82) is 0 Å². The van der Waals surface area contributed by atoms with E-state index in [-0.39, 0.29) is 18.5 Å². The van der Waals surface area contributed by atoms with E-state index in [1.54, 1.807) is 0 Å². The Labute approximate surface area is 119 Å². The molecule has 2 N–H and O–H groups in total. The Morgan fingerprint density at radius 3 is 2.68 bits per heavy atom. The van der Waals surface area contributed by atoms with Gasteiger partial charge >= 0.3 is 0 Å². The molecule has 0 amide bonds. The first-order chi connectivity index (χ1) is 8.88. The zero-order chi connectivity index (χ0) is 12.4. The van der Waals surface area contributed by atoms with Crippen LogP contribution in [0, 0.1) is 0 Å². The van der Waals surface area contributed by atoms with Crippen molar-refractivity contribution >= 4 is 12.4 Å². The minimum Gasteiger partial charge on any atom is -0.372 e. The summed E-state index contributed by atoms with van der Waals surface area (Å²) in [4.78, 5) is 4.04. The van der Waals surface area contributed by atoms with Crippen LogP contribution in [0.15, 0.2) is 42.7 Å². The van der Waals surface area contributed by atoms with E-state index < -0.39 is 0 Å². The van der Waals surface area contributed by atoms with Crippen molar-refractivity contribution in [2.45, 2.75) is 12.5 Å². The second kappa shape index (κ2) is 6.15. The average Bonchev–Trinajstić information content (AvgIpc) is 2.47. The van der Waals surface area contributed by atoms with E-state index in [2.05, 4.69) is 23.2 Å². The Hall–Kier alpha value is -1.42. The van der Waals surface area contributed by atoms with Crippen molar-refractivity contribution in [2.24, 2.45) is 5.73 Å². The number of ether oxygens (including phenoxy) is 1. The normalized spacial score (nSPS) is 17.4. The van der Waals surface area contributed by atoms with Gasteiger partial charge in [-0.05, 0) is 46.9 Å². The van der Waals surface area contributed by atoms with Crippen molar-refractivity contribution in [1.82, 2.24) is 4.98 Å². The van der Waals surface area contributed by atoms with E-state index in [1.807, 2.05) is 24.5 Å². The molecule has 1 aromatic carbocycles. The van der Waals surface area contributed by atoms with Crippen molar-refractivity contribution in [3.05, 3.63) is 53.9 Å². The molecule has 1 aliphatic heterocycles. The van der Waals surface area contributed by atoms with Crippen molar-refractivity contribution in [3.63, 3.8) is 0 Å². The summed E-state index contributed by atoms with van der Waals surface area (Å²) < 4.78 is 5.71. The Balaban J connectivity index is 0.00000133. The molecular formula is C15H17ClN2O. The lowest BCUT2D eigenvalue weighted by molar-refractivity contribution is 0.0485. The van der Waals surface area contributed by atoms with Crippen LogP contribution in [-0.4, -0.2) is 18.1 Å². The molecule has 0 aliphatic carbocycles. The topological polar surface area (TPSA) is 48.1 Å². The third kappa shape index (κ3) is 2.78. The van der Waals surface area contributed by atoms with Gasteiger partial charge in [0.1, 0.15) is 0 Å². The number of hydrogen-bond donors (Lipinski definition) is 1. The molecule has 0 fully saturated rings. The van der Waals surface area contributed by atoms with E-state index in [9.17, 15) is 0 Å². The third-order valence-electron chi connectivity index (χ3n) is 3.41. The molecule has 100 valence electrons. The summed E-state index contributed by atoms with van der Waals surface area (Å²) in [5.41, 5.74) is 10.7. The average molecular weight is 277 g/mol. The van der Waals surface area contributed by atoms with Crippen molar-refractivity contribution in [2.75, 3.05) is 13.2 Å². The Morgan fingerprint density at radius 2 is 1.95 bits per heavy atom. The van der Waals surface area contributed by atoms with Crippen LogP contribution in [-0.2, 0) is 11.2 Å². The first-order valence-corrected chi connectivity index (χ1v) is 6.23. The van der Waals surface area contributed by atoms with E-state index in [0.29, 0.717) is 6.54 Å². The predicted octanol–water partition coefficient (Wildman–Crippen LogP) is 2.74. The van der Waals surface area contributed by atoms with Gasteiger partial charge < -0.3 is 10.5 Å². The smallest absolute Gasteiger partial charge is 0.0950 e. The standard InChI is InChI=1S/C15H16N2O.ClH/c16-10-15-14-9-13(11-3-6-17-7-4-11)2-1-12(14)5-8-18-15;/h1-4,6-7,9,15H,5,8,10,16H2;1H/t15-;/m1./s1. The number of halogens is 1. The molecule has 2 heterocycles. The molecule has 0 spiro atoms. The molecule has 3 nitrogen and oxygen atoms in total. The number of nitrogens with zero attached hydrogens (tertiary/aromatic N) is 1. The van der Waals surface area contributed by atoms with Crippen LogP contribution in [0.1, 0.15) is 17.2 Å². The van der Waals surface area contributed by atoms with Crippen molar-refractivity contribution < 1.29 is 4.74 Å². The molecule has 4 heteroatoms. The van der Waals surface area contributed by atoms with Crippen LogP contribution in [0.3, 0.4) is 0 Å². The summed E-state index contributed by atoms with van der Waals surface area (Å²) in [5, 5.41) is 0. The second-order valence-electron chi connectivity index (χ2n) is 4.49. The van der Waals surface area contributed by atoms with Gasteiger partial charge in [0.15, 0.2) is 0 Å². The van der Waals surface area contributed by atoms with Gasteiger partial charge in [-0.3, -0.25) is 4.98 Å². The first-order valence-electron chi connectivity index (χ1n) is 6.23. The van der Waals surface area contributed by atoms with Gasteiger partial charge in [0, 0.05) is 18.9 Å². The molecule has 19 heavy (non-hydrogen) atoms. The lowest BCUT2D eigenvalue weighted by Crippen LogP contribution is -2.23. The highest BCUT2D eigenvalue weighted by Gasteiger charge is 2.19. The number of pyridine rings is 1. The lowest BCUT2D eigenvalue weighted by atomic mass is 9.93. The number of benzene rings is 1. The monoisotopic (exact) mass is 276 g/mol. The van der Waals surface area contributed by atoms with Gasteiger partial charge in [-0.1, -0.05) is 12.1 Å². The highest BCUT2D eigenvalue weighted by Crippen LogP contribution is 2.30. The lowest BCUT2D eigenvalue weighted by Gasteiger charge is -2.25. The maximum Gasteiger partial charge on any atom is 0.0950 e. The van der Waals surface area contributed by atoms with E-state index in [4.69, 9.17) is 10.5 Å². The largest absolute Gasteiger partial charge is 0.372 e. The minimum absolute atomic E-state index is 0. The summed E-state index contributed by atoms with van der Waals surface area (Å²) in [6.07, 6.45) is 4.63. The number of aromatic nitrogens is 1. The molecule has 0 radical (unpaired) electrons. The molecule has 0 bridgehead atoms. The summed E-state index contributed by atoms with van der Waals surface area (Å²) in [5.74, 6) is 0. The minimum atomic E-state index is 0. The fourth-order valence-electron chi connectivity index (χ4n) is 2.44. The van der Waals surface area contributed by atoms with Crippen molar-refractivity contribution in [3.8, 4) is 11.1 Å². The van der Waals surface area contributed by atoms with Gasteiger partial charge in [0.2, 0.25) is 0 Å². The quantitative estimate of drug-likeness (QED) is 0.917. The third-order valence-corrected chi connectivity index (χ3v) is 3.41. The van der Waals surface area contributed by atoms with E-state index in [0.717, 1.165) is 13.0 Å². The Morgan fingerprint density at radius 1 is 1.16 bits per heavy atom. The van der Waals surface area contributed by atoms with Gasteiger partial charge in [-0.15, -0.1) is 12.4 Å². The fourth-order valence-corrected chi connectivity index (χ4v) is 2.44. The van der Waals surface area contributed by atoms with E-state index in [1.165, 1.54) is 22.3 Å². The van der Waals surface area contributed by atoms with Gasteiger partial charge in [-0.25, -0.2) is 0 Å². The highest BCUT2D eigenvalue weighted by atomic mass is 35.5. The summed E-state index contributed by atoms with van der Waals surface area (Å²) >= 11 is 0. The van der Waals surface area contributed by atoms with Crippen LogP contribution < -0.4 is 5.73 Å². The molecule has 1 aliphatic rings. The molecule has 0 saturated heterocycles. The van der Waals surface area contributed by atoms with Crippen LogP contribution in [0.2, 0.25) is 0 Å². The molecule has 2 aromatic rings. The number of rotatable bonds is 2. The van der Waals surface area contributed by atoms with Crippen LogP contribution in [0.4, 0.5) is 0 Å². The highest BCUT2D eigenvalue weighted by molar-refractivity contribution is 5.85. The number of nitrogens with two attached hydrogens (primary N) is 1. The van der Waals surface area contributed by atoms with Crippen LogP contribution in [0.25, 0.3) is 11.1 Å². The molecule has 1 atom stereocenters. The summed E-state index contributed by atoms with van der Waals surface area (Å²) in [7, 11) is 0. The molecule has 3 rings (SSSR count). The molecular weight excluding hydrogens is 260 g/mol. The Bertz CT molecular complexity index is 545. The van der Waals surface area contributed by atoms with Gasteiger partial charge in [0.25, 0.3) is 0 Å². The fraction of sp³-hybridized carbons (Fsp3) is 0.267. The van der Waals surface area contributed by atoms with E-state index >= 15 is 0 Å². The molecule has 0 unspecified atom stereocenters. The molecule has 1 aromatic heterocycles. The van der Waals surface area contributed by atoms with Crippen LogP contribution in [0.5, 0.6) is 0 Å². The maximum atomic E-state index is 5.77. The zero-order valence-electron chi connectivity index (χ0n) is 10.6. The second-order valence-corrected chi connectivity index (χ2v) is 4.49. The maximum absolute atomic E-state index is 5.77. The number of hydrogen-bond acceptors (Lipinski definition) is 3. The summed E-state index contributed by atoms with van der Waals surface area (Å²) in [6, 6.07) is 10.6. The SMILES string of the molecule is Cl.NC[C@H]1OCCc2ccc(-c3ccncc3)cc21. The van der Waals surface area contributed by atoms with Crippen LogP contribution >= 0.6 is 12.4 Å². The van der Waals surface area contributed by atoms with Gasteiger partial charge in [0.05, 0.1) is 12.7 Å². The number of fused-ring (bicyclic) bond motifs is 1. The predicted molar refractivity (Wildman–Crippen MR) is 78.4 cm³/mol. The molecule has 0 saturated carbocycles. The first kappa shape index (κ1) is 14.0. The Kier molecular flexibility index (Phi) is 4.53. The zero-order valence-corrected chi connectivity index (χ0v) is 11.4. The summed E-state index contributed by atoms with van der Waals surface area (Å²) in [6.45, 7) is 1.30. The van der Waals surface area contributed by atoms with Gasteiger partial charge in [-0.2, -0.15) is 0 Å².